The van der Waals surface area contributed by atoms with Crippen molar-refractivity contribution in [2.24, 2.45) is 7.05 Å². The van der Waals surface area contributed by atoms with Gasteiger partial charge in [-0.05, 0) is 12.8 Å². The van der Waals surface area contributed by atoms with Gasteiger partial charge in [0.05, 0.1) is 19.1 Å². The smallest absolute Gasteiger partial charge is 0.332 e. The molecule has 1 aliphatic rings. The van der Waals surface area contributed by atoms with Crippen LogP contribution in [-0.4, -0.2) is 57.2 Å². The Morgan fingerprint density at radius 3 is 2.84 bits per heavy atom. The van der Waals surface area contributed by atoms with E-state index < -0.39 is 11.5 Å². The maximum absolute atomic E-state index is 12.5. The highest BCUT2D eigenvalue weighted by atomic mass is 16.5. The molecule has 19 heavy (non-hydrogen) atoms. The molecule has 7 nitrogen and oxygen atoms in total. The van der Waals surface area contributed by atoms with E-state index in [4.69, 9.17) is 4.74 Å². The van der Waals surface area contributed by atoms with Crippen LogP contribution in [0.3, 0.4) is 0 Å². The van der Waals surface area contributed by atoms with Gasteiger partial charge in [0.1, 0.15) is 5.69 Å². The molecule has 1 saturated heterocycles. The molecule has 0 spiro atoms. The van der Waals surface area contributed by atoms with Crippen LogP contribution in [0.25, 0.3) is 0 Å². The van der Waals surface area contributed by atoms with Crippen LogP contribution in [0.15, 0.2) is 12.5 Å². The highest BCUT2D eigenvalue weighted by molar-refractivity contribution is 5.97. The zero-order chi connectivity index (χ0) is 14.0. The van der Waals surface area contributed by atoms with E-state index in [-0.39, 0.29) is 12.5 Å². The van der Waals surface area contributed by atoms with E-state index in [1.54, 1.807) is 11.6 Å². The van der Waals surface area contributed by atoms with Gasteiger partial charge in [0.15, 0.2) is 5.54 Å². The molecule has 1 aromatic rings. The molecule has 1 N–H and O–H groups in total. The monoisotopic (exact) mass is 267 g/mol. The van der Waals surface area contributed by atoms with E-state index in [0.29, 0.717) is 25.1 Å². The van der Waals surface area contributed by atoms with Crippen molar-refractivity contribution in [2.75, 3.05) is 20.3 Å². The summed E-state index contributed by atoms with van der Waals surface area (Å²) < 4.78 is 6.60. The van der Waals surface area contributed by atoms with Gasteiger partial charge < -0.3 is 19.3 Å². The molecule has 2 heterocycles. The van der Waals surface area contributed by atoms with Gasteiger partial charge in [0.25, 0.3) is 5.91 Å². The van der Waals surface area contributed by atoms with Gasteiger partial charge in [-0.15, -0.1) is 0 Å². The van der Waals surface area contributed by atoms with E-state index in [2.05, 4.69) is 4.98 Å². The minimum Gasteiger partial charge on any atom is -0.479 e. The Balaban J connectivity index is 2.35. The Kier molecular flexibility index (Phi) is 3.57. The number of carbonyl (C=O) groups excluding carboxylic acids is 1. The van der Waals surface area contributed by atoms with Crippen molar-refractivity contribution in [3.05, 3.63) is 18.2 Å². The lowest BCUT2D eigenvalue weighted by Gasteiger charge is -2.33. The fraction of sp³-hybridized carbons (Fsp3) is 0.583. The average molecular weight is 267 g/mol. The van der Waals surface area contributed by atoms with Crippen molar-refractivity contribution < 1.29 is 19.4 Å². The highest BCUT2D eigenvalue weighted by Crippen LogP contribution is 2.31. The van der Waals surface area contributed by atoms with Gasteiger partial charge in [0, 0.05) is 20.7 Å². The fourth-order valence-electron chi connectivity index (χ4n) is 2.55. The summed E-state index contributed by atoms with van der Waals surface area (Å²) in [5, 5.41) is 9.48. The number of rotatable bonds is 4. The predicted molar refractivity (Wildman–Crippen MR) is 65.7 cm³/mol. The summed E-state index contributed by atoms with van der Waals surface area (Å²) >= 11 is 0. The van der Waals surface area contributed by atoms with Crippen LogP contribution < -0.4 is 0 Å². The Morgan fingerprint density at radius 1 is 1.58 bits per heavy atom. The van der Waals surface area contributed by atoms with Crippen molar-refractivity contribution >= 4 is 11.9 Å². The summed E-state index contributed by atoms with van der Waals surface area (Å²) in [6.07, 6.45) is 4.02. The molecule has 2 rings (SSSR count). The zero-order valence-corrected chi connectivity index (χ0v) is 11.0. The van der Waals surface area contributed by atoms with Crippen LogP contribution in [0.2, 0.25) is 0 Å². The topological polar surface area (TPSA) is 84.7 Å². The van der Waals surface area contributed by atoms with Gasteiger partial charge in [-0.3, -0.25) is 4.79 Å². The van der Waals surface area contributed by atoms with Crippen LogP contribution in [-0.2, 0) is 16.6 Å². The third kappa shape index (κ3) is 2.10. The van der Waals surface area contributed by atoms with Crippen LogP contribution in [0.4, 0.5) is 0 Å². The molecule has 1 atom stereocenters. The first kappa shape index (κ1) is 13.5. The molecule has 7 heteroatoms. The lowest BCUT2D eigenvalue weighted by atomic mass is 9.97. The fourth-order valence-corrected chi connectivity index (χ4v) is 2.55. The number of hydrogen-bond acceptors (Lipinski definition) is 4. The van der Waals surface area contributed by atoms with Crippen molar-refractivity contribution in [3.8, 4) is 0 Å². The van der Waals surface area contributed by atoms with Crippen LogP contribution in [0.1, 0.15) is 23.3 Å². The summed E-state index contributed by atoms with van der Waals surface area (Å²) in [5.41, 5.74) is -0.889. The lowest BCUT2D eigenvalue weighted by Crippen LogP contribution is -2.56. The molecule has 1 aromatic heterocycles. The first-order chi connectivity index (χ1) is 9.03. The van der Waals surface area contributed by atoms with Crippen molar-refractivity contribution in [3.63, 3.8) is 0 Å². The standard InChI is InChI=1S/C12H17N3O4/c1-14-8-13-6-9(14)10(16)15-5-3-4-12(15,7-19-2)11(17)18/h6,8H,3-5,7H2,1-2H3,(H,17,18). The minimum atomic E-state index is -1.27. The normalized spacial score (nSPS) is 22.7. The first-order valence-corrected chi connectivity index (χ1v) is 6.03. The molecule has 0 radical (unpaired) electrons. The van der Waals surface area contributed by atoms with E-state index in [1.165, 1.54) is 24.5 Å². The third-order valence-corrected chi connectivity index (χ3v) is 3.55. The number of carboxylic acids is 1. The molecule has 1 amide bonds. The Morgan fingerprint density at radius 2 is 2.32 bits per heavy atom. The third-order valence-electron chi connectivity index (χ3n) is 3.55. The molecular weight excluding hydrogens is 250 g/mol. The number of ether oxygens (including phenoxy) is 1. The molecule has 1 aliphatic heterocycles. The second-order valence-corrected chi connectivity index (χ2v) is 4.72. The summed E-state index contributed by atoms with van der Waals surface area (Å²) in [5.74, 6) is -1.35. The average Bonchev–Trinajstić information content (AvgIpc) is 2.96. The number of amides is 1. The number of likely N-dealkylation sites (tertiary alicyclic amines) is 1. The van der Waals surface area contributed by atoms with Gasteiger partial charge in [-0.2, -0.15) is 0 Å². The first-order valence-electron chi connectivity index (χ1n) is 6.03. The van der Waals surface area contributed by atoms with E-state index in [0.717, 1.165) is 0 Å². The Bertz CT molecular complexity index is 499. The van der Waals surface area contributed by atoms with Crippen LogP contribution in [0.5, 0.6) is 0 Å². The molecule has 1 fully saturated rings. The number of aryl methyl sites for hydroxylation is 1. The molecule has 104 valence electrons. The van der Waals surface area contributed by atoms with Crippen molar-refractivity contribution in [1.82, 2.24) is 14.5 Å². The molecule has 0 aromatic carbocycles. The summed E-state index contributed by atoms with van der Waals surface area (Å²) in [7, 11) is 3.14. The van der Waals surface area contributed by atoms with Crippen LogP contribution in [0, 0.1) is 0 Å². The number of carbonyl (C=O) groups is 2. The van der Waals surface area contributed by atoms with Gasteiger partial charge in [-0.1, -0.05) is 0 Å². The Labute approximate surface area is 110 Å². The number of methoxy groups -OCH3 is 1. The number of nitrogens with zero attached hydrogens (tertiary/aromatic N) is 3. The van der Waals surface area contributed by atoms with E-state index in [1.807, 2.05) is 0 Å². The number of carboxylic acid groups (broad SMARTS) is 1. The highest BCUT2D eigenvalue weighted by Gasteiger charge is 2.50. The lowest BCUT2D eigenvalue weighted by molar-refractivity contribution is -0.151. The number of aliphatic carboxylic acids is 1. The summed E-state index contributed by atoms with van der Waals surface area (Å²) in [4.78, 5) is 29.3. The van der Waals surface area contributed by atoms with Gasteiger partial charge in [-0.25, -0.2) is 9.78 Å². The maximum atomic E-state index is 12.5. The van der Waals surface area contributed by atoms with Crippen molar-refractivity contribution in [1.29, 1.82) is 0 Å². The quantitative estimate of drug-likeness (QED) is 0.838. The summed E-state index contributed by atoms with van der Waals surface area (Å²) in [6, 6.07) is 0. The number of aromatic nitrogens is 2. The predicted octanol–water partition coefficient (Wildman–Crippen LogP) is 0.126. The second-order valence-electron chi connectivity index (χ2n) is 4.72. The SMILES string of the molecule is COCC1(C(=O)O)CCCN1C(=O)c1cncn1C. The molecule has 1 unspecified atom stereocenters. The largest absolute Gasteiger partial charge is 0.479 e. The number of hydrogen-bond donors (Lipinski definition) is 1. The molecule has 0 saturated carbocycles. The second kappa shape index (κ2) is 5.00. The molecule has 0 aliphatic carbocycles. The summed E-state index contributed by atoms with van der Waals surface area (Å²) in [6.45, 7) is 0.408. The zero-order valence-electron chi connectivity index (χ0n) is 11.0. The minimum absolute atomic E-state index is 0.00801. The van der Waals surface area contributed by atoms with Gasteiger partial charge in [0.2, 0.25) is 0 Å². The molecular formula is C12H17N3O4. The van der Waals surface area contributed by atoms with Crippen LogP contribution >= 0.6 is 0 Å². The number of imidazole rings is 1. The Hall–Kier alpha value is -1.89. The maximum Gasteiger partial charge on any atom is 0.332 e. The van der Waals surface area contributed by atoms with E-state index in [9.17, 15) is 14.7 Å². The van der Waals surface area contributed by atoms with Crippen molar-refractivity contribution in [2.45, 2.75) is 18.4 Å². The molecule has 0 bridgehead atoms. The van der Waals surface area contributed by atoms with E-state index >= 15 is 0 Å². The van der Waals surface area contributed by atoms with Gasteiger partial charge >= 0.3 is 5.97 Å².